The van der Waals surface area contributed by atoms with E-state index in [0.29, 0.717) is 5.75 Å². The number of rotatable bonds is 3. The van der Waals surface area contributed by atoms with Gasteiger partial charge in [0, 0.05) is 5.02 Å². The van der Waals surface area contributed by atoms with Crippen molar-refractivity contribution in [2.75, 3.05) is 0 Å². The minimum atomic E-state index is -0.103. The first kappa shape index (κ1) is 12.4. The summed E-state index contributed by atoms with van der Waals surface area (Å²) in [5.74, 6) is 0.966. The van der Waals surface area contributed by atoms with Crippen molar-refractivity contribution in [3.63, 3.8) is 0 Å². The second-order valence-corrected chi connectivity index (χ2v) is 5.40. The van der Waals surface area contributed by atoms with Crippen molar-refractivity contribution in [2.45, 2.75) is 39.5 Å². The molecule has 92 valence electrons. The molecule has 0 spiro atoms. The number of hydrogen-bond donors (Lipinski definition) is 0. The number of carbonyl (C=O) groups is 1. The van der Waals surface area contributed by atoms with Gasteiger partial charge in [-0.15, -0.1) is 0 Å². The Balaban J connectivity index is 2.29. The highest BCUT2D eigenvalue weighted by Gasteiger charge is 2.32. The zero-order valence-electron chi connectivity index (χ0n) is 10.4. The second kappa shape index (κ2) is 4.69. The second-order valence-electron chi connectivity index (χ2n) is 4.99. The molecule has 1 aliphatic rings. The van der Waals surface area contributed by atoms with Gasteiger partial charge in [-0.1, -0.05) is 25.4 Å². The van der Waals surface area contributed by atoms with Crippen molar-refractivity contribution in [2.24, 2.45) is 5.92 Å². The summed E-state index contributed by atoms with van der Waals surface area (Å²) in [6, 6.07) is 3.76. The van der Waals surface area contributed by atoms with Gasteiger partial charge in [0.15, 0.2) is 0 Å². The molecule has 1 saturated carbocycles. The fourth-order valence-electron chi connectivity index (χ4n) is 1.72. The van der Waals surface area contributed by atoms with Gasteiger partial charge in [0.2, 0.25) is 0 Å². The van der Waals surface area contributed by atoms with Crippen LogP contribution < -0.4 is 4.74 Å². The van der Waals surface area contributed by atoms with Crippen molar-refractivity contribution >= 4 is 17.6 Å². The zero-order valence-corrected chi connectivity index (χ0v) is 11.2. The third-order valence-corrected chi connectivity index (χ3v) is 3.44. The van der Waals surface area contributed by atoms with E-state index in [-0.39, 0.29) is 17.8 Å². The van der Waals surface area contributed by atoms with Crippen LogP contribution in [0, 0.1) is 12.8 Å². The first-order valence-electron chi connectivity index (χ1n) is 6.00. The smallest absolute Gasteiger partial charge is 0.314 e. The number of ether oxygens (including phenoxy) is 1. The van der Waals surface area contributed by atoms with Crippen LogP contribution in [0.1, 0.15) is 43.7 Å². The highest BCUT2D eigenvalue weighted by Crippen LogP contribution is 2.35. The lowest BCUT2D eigenvalue weighted by Gasteiger charge is -2.14. The average molecular weight is 253 g/mol. The van der Waals surface area contributed by atoms with Crippen LogP contribution in [0.15, 0.2) is 12.1 Å². The van der Waals surface area contributed by atoms with Crippen LogP contribution in [0.3, 0.4) is 0 Å². The van der Waals surface area contributed by atoms with Crippen molar-refractivity contribution in [1.82, 2.24) is 0 Å². The van der Waals surface area contributed by atoms with E-state index in [2.05, 4.69) is 13.8 Å². The Bertz CT molecular complexity index is 448. The average Bonchev–Trinajstić information content (AvgIpc) is 3.06. The predicted molar refractivity (Wildman–Crippen MR) is 68.6 cm³/mol. The predicted octanol–water partition coefficient (Wildman–Crippen LogP) is 4.09. The third kappa shape index (κ3) is 2.81. The lowest BCUT2D eigenvalue weighted by molar-refractivity contribution is -0.135. The van der Waals surface area contributed by atoms with Crippen LogP contribution in [0.5, 0.6) is 5.75 Å². The normalized spacial score (nSPS) is 15.1. The maximum absolute atomic E-state index is 11.7. The van der Waals surface area contributed by atoms with Crippen LogP contribution in [-0.2, 0) is 4.79 Å². The van der Waals surface area contributed by atoms with Gasteiger partial charge in [0.05, 0.1) is 5.92 Å². The topological polar surface area (TPSA) is 26.3 Å². The number of hydrogen-bond acceptors (Lipinski definition) is 2. The highest BCUT2D eigenvalue weighted by molar-refractivity contribution is 6.31. The van der Waals surface area contributed by atoms with Gasteiger partial charge in [0.25, 0.3) is 0 Å². The van der Waals surface area contributed by atoms with E-state index >= 15 is 0 Å². The van der Waals surface area contributed by atoms with E-state index in [9.17, 15) is 4.79 Å². The van der Waals surface area contributed by atoms with Crippen molar-refractivity contribution in [3.8, 4) is 5.75 Å². The van der Waals surface area contributed by atoms with Crippen LogP contribution in [0.25, 0.3) is 0 Å². The molecule has 0 bridgehead atoms. The minimum Gasteiger partial charge on any atom is -0.426 e. The molecule has 0 amide bonds. The van der Waals surface area contributed by atoms with Gasteiger partial charge in [-0.25, -0.2) is 0 Å². The van der Waals surface area contributed by atoms with E-state index in [4.69, 9.17) is 16.3 Å². The summed E-state index contributed by atoms with van der Waals surface area (Å²) >= 11 is 6.10. The fourth-order valence-corrected chi connectivity index (χ4v) is 1.89. The zero-order chi connectivity index (χ0) is 12.6. The molecule has 1 fully saturated rings. The molecule has 0 atom stereocenters. The van der Waals surface area contributed by atoms with Crippen LogP contribution in [0.4, 0.5) is 0 Å². The first-order valence-corrected chi connectivity index (χ1v) is 6.38. The standard InChI is InChI=1S/C14H17ClO2/c1-8(2)11-7-12(15)9(3)6-13(11)17-14(16)10-4-5-10/h6-8,10H,4-5H2,1-3H3. The van der Waals surface area contributed by atoms with E-state index in [1.165, 1.54) is 0 Å². The van der Waals surface area contributed by atoms with Gasteiger partial charge >= 0.3 is 5.97 Å². The number of benzene rings is 1. The fraction of sp³-hybridized carbons (Fsp3) is 0.500. The molecule has 2 rings (SSSR count). The van der Waals surface area contributed by atoms with Gasteiger partial charge in [-0.3, -0.25) is 4.79 Å². The summed E-state index contributed by atoms with van der Waals surface area (Å²) in [6.07, 6.45) is 1.92. The quantitative estimate of drug-likeness (QED) is 0.598. The molecule has 0 N–H and O–H groups in total. The number of carbonyl (C=O) groups excluding carboxylic acids is 1. The molecule has 1 aromatic carbocycles. The molecular weight excluding hydrogens is 236 g/mol. The van der Waals surface area contributed by atoms with Crippen LogP contribution in [0.2, 0.25) is 5.02 Å². The largest absolute Gasteiger partial charge is 0.426 e. The lowest BCUT2D eigenvalue weighted by atomic mass is 10.0. The Morgan fingerprint density at radius 2 is 2.06 bits per heavy atom. The van der Waals surface area contributed by atoms with E-state index < -0.39 is 0 Å². The molecule has 1 aliphatic carbocycles. The summed E-state index contributed by atoms with van der Waals surface area (Å²) in [5, 5.41) is 0.722. The van der Waals surface area contributed by atoms with Crippen molar-refractivity contribution < 1.29 is 9.53 Å². The van der Waals surface area contributed by atoms with Gasteiger partial charge in [0.1, 0.15) is 5.75 Å². The molecule has 17 heavy (non-hydrogen) atoms. The molecule has 0 aromatic heterocycles. The summed E-state index contributed by atoms with van der Waals surface area (Å²) < 4.78 is 5.47. The maximum atomic E-state index is 11.7. The maximum Gasteiger partial charge on any atom is 0.314 e. The van der Waals surface area contributed by atoms with E-state index in [1.807, 2.05) is 19.1 Å². The molecule has 3 heteroatoms. The monoisotopic (exact) mass is 252 g/mol. The molecule has 0 unspecified atom stereocenters. The Kier molecular flexibility index (Phi) is 3.43. The summed E-state index contributed by atoms with van der Waals surface area (Å²) in [4.78, 5) is 11.7. The highest BCUT2D eigenvalue weighted by atomic mass is 35.5. The van der Waals surface area contributed by atoms with Gasteiger partial charge < -0.3 is 4.74 Å². The molecule has 0 heterocycles. The first-order chi connectivity index (χ1) is 7.99. The number of halogens is 1. The molecule has 0 saturated heterocycles. The summed E-state index contributed by atoms with van der Waals surface area (Å²) in [7, 11) is 0. The number of aryl methyl sites for hydroxylation is 1. The lowest BCUT2D eigenvalue weighted by Crippen LogP contribution is -2.11. The Hall–Kier alpha value is -1.02. The van der Waals surface area contributed by atoms with E-state index in [0.717, 1.165) is 29.0 Å². The minimum absolute atomic E-state index is 0.103. The summed E-state index contributed by atoms with van der Waals surface area (Å²) in [6.45, 7) is 6.05. The Morgan fingerprint density at radius 1 is 1.41 bits per heavy atom. The molecule has 0 aliphatic heterocycles. The summed E-state index contributed by atoms with van der Waals surface area (Å²) in [5.41, 5.74) is 1.93. The van der Waals surface area contributed by atoms with Crippen LogP contribution >= 0.6 is 11.6 Å². The Morgan fingerprint density at radius 3 is 2.59 bits per heavy atom. The SMILES string of the molecule is Cc1cc(OC(=O)C2CC2)c(C(C)C)cc1Cl. The van der Waals surface area contributed by atoms with Gasteiger partial charge in [-0.05, 0) is 48.9 Å². The van der Waals surface area contributed by atoms with Crippen molar-refractivity contribution in [3.05, 3.63) is 28.3 Å². The molecular formula is C14H17ClO2. The molecule has 2 nitrogen and oxygen atoms in total. The van der Waals surface area contributed by atoms with Crippen LogP contribution in [-0.4, -0.2) is 5.97 Å². The van der Waals surface area contributed by atoms with E-state index in [1.54, 1.807) is 0 Å². The molecule has 0 radical (unpaired) electrons. The van der Waals surface area contributed by atoms with Gasteiger partial charge in [-0.2, -0.15) is 0 Å². The Labute approximate surface area is 107 Å². The number of esters is 1. The third-order valence-electron chi connectivity index (χ3n) is 3.03. The molecule has 1 aromatic rings. The van der Waals surface area contributed by atoms with Crippen molar-refractivity contribution in [1.29, 1.82) is 0 Å².